The zero-order chi connectivity index (χ0) is 14.1. The van der Waals surface area contributed by atoms with E-state index in [0.29, 0.717) is 12.5 Å². The largest absolute Gasteiger partial charge is 0.342 e. The summed E-state index contributed by atoms with van der Waals surface area (Å²) in [6, 6.07) is 9.44. The zero-order valence-electron chi connectivity index (χ0n) is 11.7. The molecule has 3 rings (SSSR count). The van der Waals surface area contributed by atoms with Gasteiger partial charge in [0.25, 0.3) is 0 Å². The highest BCUT2D eigenvalue weighted by molar-refractivity contribution is 5.97. The number of nitrogens with one attached hydrogen (secondary N) is 1. The van der Waals surface area contributed by atoms with Gasteiger partial charge in [-0.25, -0.2) is 0 Å². The molecule has 2 unspecified atom stereocenters. The Morgan fingerprint density at radius 1 is 1.20 bits per heavy atom. The lowest BCUT2D eigenvalue weighted by atomic mass is 10.0. The van der Waals surface area contributed by atoms with Crippen molar-refractivity contribution in [2.24, 2.45) is 5.92 Å². The fraction of sp³-hybridized carbons (Fsp3) is 0.500. The highest BCUT2D eigenvalue weighted by atomic mass is 16.2. The van der Waals surface area contributed by atoms with E-state index in [1.54, 1.807) is 11.8 Å². The first-order chi connectivity index (χ1) is 9.66. The van der Waals surface area contributed by atoms with Crippen LogP contribution in [0.5, 0.6) is 0 Å². The predicted molar refractivity (Wildman–Crippen MR) is 76.0 cm³/mol. The topological polar surface area (TPSA) is 49.4 Å². The molecule has 4 nitrogen and oxygen atoms in total. The minimum atomic E-state index is -0.360. The minimum absolute atomic E-state index is 0.0189. The fourth-order valence-electron chi connectivity index (χ4n) is 2.79. The van der Waals surface area contributed by atoms with Gasteiger partial charge in [0, 0.05) is 6.54 Å². The quantitative estimate of drug-likeness (QED) is 0.899. The molecule has 2 aliphatic rings. The van der Waals surface area contributed by atoms with Crippen LogP contribution < -0.4 is 5.32 Å². The molecule has 2 amide bonds. The second-order valence-electron chi connectivity index (χ2n) is 5.77. The summed E-state index contributed by atoms with van der Waals surface area (Å²) in [7, 11) is 0. The van der Waals surface area contributed by atoms with Crippen molar-refractivity contribution in [3.05, 3.63) is 35.9 Å². The van der Waals surface area contributed by atoms with Gasteiger partial charge < -0.3 is 10.2 Å². The maximum Gasteiger partial charge on any atom is 0.246 e. The van der Waals surface area contributed by atoms with Gasteiger partial charge in [-0.3, -0.25) is 9.59 Å². The summed E-state index contributed by atoms with van der Waals surface area (Å²) < 4.78 is 0. The Morgan fingerprint density at radius 3 is 2.55 bits per heavy atom. The third-order valence-electron chi connectivity index (χ3n) is 4.27. The van der Waals surface area contributed by atoms with Crippen LogP contribution in [-0.2, 0) is 16.0 Å². The van der Waals surface area contributed by atoms with Crippen LogP contribution in [0.4, 0.5) is 0 Å². The van der Waals surface area contributed by atoms with E-state index in [1.807, 2.05) is 18.2 Å². The summed E-state index contributed by atoms with van der Waals surface area (Å²) in [5.74, 6) is 0.434. The van der Waals surface area contributed by atoms with Crippen LogP contribution >= 0.6 is 0 Å². The SMILES string of the molecule is CC1C(=O)NC(C2CC2)C(=O)N1CCc1ccccc1. The Bertz CT molecular complexity index is 510. The van der Waals surface area contributed by atoms with Crippen LogP contribution in [0.15, 0.2) is 30.3 Å². The average molecular weight is 272 g/mol. The molecule has 1 aliphatic carbocycles. The van der Waals surface area contributed by atoms with Gasteiger partial charge in [0.1, 0.15) is 12.1 Å². The fourth-order valence-corrected chi connectivity index (χ4v) is 2.79. The van der Waals surface area contributed by atoms with E-state index >= 15 is 0 Å². The van der Waals surface area contributed by atoms with E-state index in [4.69, 9.17) is 0 Å². The molecule has 20 heavy (non-hydrogen) atoms. The number of carbonyl (C=O) groups excluding carboxylic acids is 2. The van der Waals surface area contributed by atoms with Crippen molar-refractivity contribution in [2.45, 2.75) is 38.3 Å². The molecule has 2 fully saturated rings. The molecular formula is C16H20N2O2. The second kappa shape index (κ2) is 5.27. The van der Waals surface area contributed by atoms with Crippen molar-refractivity contribution in [3.63, 3.8) is 0 Å². The Morgan fingerprint density at radius 2 is 1.90 bits per heavy atom. The Kier molecular flexibility index (Phi) is 3.47. The van der Waals surface area contributed by atoms with E-state index in [-0.39, 0.29) is 23.9 Å². The molecule has 4 heteroatoms. The van der Waals surface area contributed by atoms with Crippen molar-refractivity contribution in [1.29, 1.82) is 0 Å². The van der Waals surface area contributed by atoms with Crippen molar-refractivity contribution >= 4 is 11.8 Å². The van der Waals surface area contributed by atoms with Gasteiger partial charge in [-0.15, -0.1) is 0 Å². The van der Waals surface area contributed by atoms with Crippen LogP contribution in [-0.4, -0.2) is 35.3 Å². The number of nitrogens with zero attached hydrogens (tertiary/aromatic N) is 1. The Labute approximate surface area is 119 Å². The second-order valence-corrected chi connectivity index (χ2v) is 5.77. The van der Waals surface area contributed by atoms with Crippen LogP contribution in [0.25, 0.3) is 0 Å². The molecule has 0 radical (unpaired) electrons. The molecule has 106 valence electrons. The first-order valence-electron chi connectivity index (χ1n) is 7.31. The van der Waals surface area contributed by atoms with Crippen LogP contribution in [0, 0.1) is 5.92 Å². The van der Waals surface area contributed by atoms with Gasteiger partial charge >= 0.3 is 0 Å². The summed E-state index contributed by atoms with van der Waals surface area (Å²) in [4.78, 5) is 26.2. The summed E-state index contributed by atoms with van der Waals surface area (Å²) in [5.41, 5.74) is 1.20. The molecule has 0 aromatic heterocycles. The number of rotatable bonds is 4. The van der Waals surface area contributed by atoms with Crippen molar-refractivity contribution in [2.75, 3.05) is 6.54 Å². The van der Waals surface area contributed by atoms with Gasteiger partial charge in [0.05, 0.1) is 0 Å². The van der Waals surface area contributed by atoms with Crippen LogP contribution in [0.2, 0.25) is 0 Å². The molecule has 1 N–H and O–H groups in total. The monoisotopic (exact) mass is 272 g/mol. The average Bonchev–Trinajstić information content (AvgIpc) is 3.28. The van der Waals surface area contributed by atoms with E-state index in [0.717, 1.165) is 19.3 Å². The number of carbonyl (C=O) groups is 2. The summed E-state index contributed by atoms with van der Waals surface area (Å²) in [5, 5.41) is 2.88. The predicted octanol–water partition coefficient (Wildman–Crippen LogP) is 1.35. The molecule has 1 aromatic carbocycles. The molecule has 1 saturated carbocycles. The van der Waals surface area contributed by atoms with Gasteiger partial charge in [0.2, 0.25) is 11.8 Å². The number of hydrogen-bond donors (Lipinski definition) is 1. The number of benzene rings is 1. The molecule has 1 aromatic rings. The number of piperazine rings is 1. The molecular weight excluding hydrogens is 252 g/mol. The van der Waals surface area contributed by atoms with Crippen LogP contribution in [0.3, 0.4) is 0 Å². The summed E-state index contributed by atoms with van der Waals surface area (Å²) >= 11 is 0. The number of hydrogen-bond acceptors (Lipinski definition) is 2. The van der Waals surface area contributed by atoms with E-state index in [1.165, 1.54) is 5.56 Å². The summed E-state index contributed by atoms with van der Waals surface area (Å²) in [6.45, 7) is 2.42. The molecule has 1 heterocycles. The first-order valence-corrected chi connectivity index (χ1v) is 7.31. The van der Waals surface area contributed by atoms with Gasteiger partial charge in [-0.1, -0.05) is 30.3 Å². The van der Waals surface area contributed by atoms with E-state index < -0.39 is 0 Å². The molecule has 0 spiro atoms. The van der Waals surface area contributed by atoms with Crippen molar-refractivity contribution in [1.82, 2.24) is 10.2 Å². The van der Waals surface area contributed by atoms with Crippen molar-refractivity contribution < 1.29 is 9.59 Å². The normalized spacial score (nSPS) is 26.6. The minimum Gasteiger partial charge on any atom is -0.342 e. The maximum absolute atomic E-state index is 12.5. The van der Waals surface area contributed by atoms with E-state index in [9.17, 15) is 9.59 Å². The maximum atomic E-state index is 12.5. The highest BCUT2D eigenvalue weighted by Gasteiger charge is 2.45. The van der Waals surface area contributed by atoms with Gasteiger partial charge in [-0.2, -0.15) is 0 Å². The molecule has 1 aliphatic heterocycles. The molecule has 2 atom stereocenters. The standard InChI is InChI=1S/C16H20N2O2/c1-11-15(19)17-14(13-7-8-13)16(20)18(11)10-9-12-5-3-2-4-6-12/h2-6,11,13-14H,7-10H2,1H3,(H,17,19). The highest BCUT2D eigenvalue weighted by Crippen LogP contribution is 2.35. The Balaban J connectivity index is 1.69. The Hall–Kier alpha value is -1.84. The summed E-state index contributed by atoms with van der Waals surface area (Å²) in [6.07, 6.45) is 2.90. The lowest BCUT2D eigenvalue weighted by molar-refractivity contribution is -0.149. The first kappa shape index (κ1) is 13.2. The van der Waals surface area contributed by atoms with Gasteiger partial charge in [0.15, 0.2) is 0 Å². The molecule has 1 saturated heterocycles. The van der Waals surface area contributed by atoms with Crippen molar-refractivity contribution in [3.8, 4) is 0 Å². The smallest absolute Gasteiger partial charge is 0.246 e. The third-order valence-corrected chi connectivity index (χ3v) is 4.27. The van der Waals surface area contributed by atoms with E-state index in [2.05, 4.69) is 17.4 Å². The third kappa shape index (κ3) is 2.55. The molecule has 0 bridgehead atoms. The van der Waals surface area contributed by atoms with Gasteiger partial charge in [-0.05, 0) is 37.7 Å². The lowest BCUT2D eigenvalue weighted by Gasteiger charge is -2.37. The van der Waals surface area contributed by atoms with Crippen LogP contribution in [0.1, 0.15) is 25.3 Å². The lowest BCUT2D eigenvalue weighted by Crippen LogP contribution is -2.63. The zero-order valence-corrected chi connectivity index (χ0v) is 11.7. The number of amides is 2.